The van der Waals surface area contributed by atoms with Crippen molar-refractivity contribution in [2.75, 3.05) is 33.0 Å². The van der Waals surface area contributed by atoms with E-state index in [0.717, 1.165) is 83.5 Å². The second-order valence-electron chi connectivity index (χ2n) is 14.5. The monoisotopic (exact) mass is 806 g/mol. The highest BCUT2D eigenvalue weighted by molar-refractivity contribution is 7.47. The van der Waals surface area contributed by atoms with E-state index in [2.05, 4.69) is 86.8 Å². The first-order chi connectivity index (χ1) is 27.4. The zero-order chi connectivity index (χ0) is 40.9. The predicted octanol–water partition coefficient (Wildman–Crippen LogP) is 13.5. The number of phosphoric acid groups is 1. The van der Waals surface area contributed by atoms with Crippen LogP contribution in [-0.4, -0.2) is 49.9 Å². The summed E-state index contributed by atoms with van der Waals surface area (Å²) in [7, 11) is -4.28. The number of allylic oxidation sites excluding steroid dienone is 12. The van der Waals surface area contributed by atoms with Gasteiger partial charge in [0.15, 0.2) is 0 Å². The summed E-state index contributed by atoms with van der Waals surface area (Å²) in [4.78, 5) is 22.4. The topological polar surface area (TPSA) is 117 Å². The summed E-state index contributed by atoms with van der Waals surface area (Å²) < 4.78 is 33.4. The van der Waals surface area contributed by atoms with Gasteiger partial charge in [-0.1, -0.05) is 183 Å². The first-order valence-corrected chi connectivity index (χ1v) is 23.9. The standard InChI is InChI=1S/C47H84NO7P/c1-3-5-7-9-11-13-15-16-17-18-19-20-21-22-23-24-25-26-27-28-29-31-33-35-37-39-42-52-44-46(45-54-56(50,51)53-43-41-48)55-47(49)40-38-36-34-32-30-14-12-10-8-6-4-2/h5,7,11,13,16-17,19-20,22-23,25-26,46H,3-4,6,8-10,12,14-15,18,21,24,27-45,48H2,1-2H3,(H,50,51)/b7-5-,13-11-,17-16-,20-19-,23-22-,26-25-. The molecule has 0 bridgehead atoms. The van der Waals surface area contributed by atoms with Crippen molar-refractivity contribution in [1.29, 1.82) is 0 Å². The highest BCUT2D eigenvalue weighted by Crippen LogP contribution is 2.43. The molecule has 0 aliphatic heterocycles. The second kappa shape index (κ2) is 44.1. The van der Waals surface area contributed by atoms with E-state index in [1.54, 1.807) is 0 Å². The highest BCUT2D eigenvalue weighted by Gasteiger charge is 2.25. The lowest BCUT2D eigenvalue weighted by molar-refractivity contribution is -0.154. The molecule has 0 aliphatic rings. The van der Waals surface area contributed by atoms with Gasteiger partial charge in [-0.3, -0.25) is 13.8 Å². The minimum atomic E-state index is -4.28. The number of carbonyl (C=O) groups excluding carboxylic acids is 1. The molecule has 3 N–H and O–H groups in total. The Morgan fingerprint density at radius 3 is 1.50 bits per heavy atom. The van der Waals surface area contributed by atoms with Gasteiger partial charge in [-0.25, -0.2) is 4.57 Å². The summed E-state index contributed by atoms with van der Waals surface area (Å²) >= 11 is 0. The molecular formula is C47H84NO7P. The molecule has 9 heteroatoms. The van der Waals surface area contributed by atoms with Gasteiger partial charge in [0.2, 0.25) is 0 Å². The Balaban J connectivity index is 3.99. The van der Waals surface area contributed by atoms with Crippen LogP contribution in [0.2, 0.25) is 0 Å². The van der Waals surface area contributed by atoms with E-state index >= 15 is 0 Å². The molecule has 0 heterocycles. The molecule has 0 fully saturated rings. The van der Waals surface area contributed by atoms with Crippen molar-refractivity contribution in [1.82, 2.24) is 0 Å². The third-order valence-corrected chi connectivity index (χ3v) is 10.1. The lowest BCUT2D eigenvalue weighted by Crippen LogP contribution is -2.28. The van der Waals surface area contributed by atoms with Gasteiger partial charge in [0.1, 0.15) is 6.10 Å². The number of hydrogen-bond acceptors (Lipinski definition) is 7. The Morgan fingerprint density at radius 1 is 0.554 bits per heavy atom. The van der Waals surface area contributed by atoms with Gasteiger partial charge in [-0.05, 0) is 64.2 Å². The fourth-order valence-corrected chi connectivity index (χ4v) is 6.65. The van der Waals surface area contributed by atoms with E-state index in [1.165, 1.54) is 77.0 Å². The lowest BCUT2D eigenvalue weighted by atomic mass is 10.1. The van der Waals surface area contributed by atoms with E-state index in [4.69, 9.17) is 24.3 Å². The third-order valence-electron chi connectivity index (χ3n) is 9.14. The van der Waals surface area contributed by atoms with Crippen LogP contribution in [-0.2, 0) is 27.9 Å². The smallest absolute Gasteiger partial charge is 0.457 e. The maximum atomic E-state index is 12.5. The predicted molar refractivity (Wildman–Crippen MR) is 238 cm³/mol. The maximum Gasteiger partial charge on any atom is 0.472 e. The van der Waals surface area contributed by atoms with Gasteiger partial charge in [0, 0.05) is 19.6 Å². The Labute approximate surface area is 344 Å². The van der Waals surface area contributed by atoms with Crippen LogP contribution in [0.25, 0.3) is 0 Å². The van der Waals surface area contributed by atoms with Crippen molar-refractivity contribution < 1.29 is 32.8 Å². The Morgan fingerprint density at radius 2 is 1.00 bits per heavy atom. The molecule has 0 amide bonds. The average Bonchev–Trinajstić information content (AvgIpc) is 3.19. The largest absolute Gasteiger partial charge is 0.472 e. The van der Waals surface area contributed by atoms with Crippen molar-refractivity contribution in [2.24, 2.45) is 5.73 Å². The van der Waals surface area contributed by atoms with Gasteiger partial charge in [-0.15, -0.1) is 0 Å². The average molecular weight is 806 g/mol. The lowest BCUT2D eigenvalue weighted by Gasteiger charge is -2.20. The van der Waals surface area contributed by atoms with Gasteiger partial charge in [0.25, 0.3) is 0 Å². The SMILES string of the molecule is CC/C=C\C/C=C\C/C=C\C/C=C\C/C=C\C/C=C\CCCCCCCCCOCC(COP(=O)(O)OCCN)OC(=O)CCCCCCCCCCCCC. The number of ether oxygens (including phenoxy) is 2. The van der Waals surface area contributed by atoms with Crippen LogP contribution in [0.4, 0.5) is 0 Å². The summed E-state index contributed by atoms with van der Waals surface area (Å²) in [6.07, 6.45) is 55.0. The van der Waals surface area contributed by atoms with Crippen LogP contribution in [0.5, 0.6) is 0 Å². The van der Waals surface area contributed by atoms with Crippen LogP contribution in [0.1, 0.15) is 181 Å². The number of esters is 1. The molecule has 0 spiro atoms. The molecule has 0 aliphatic carbocycles. The number of phosphoric ester groups is 1. The number of unbranched alkanes of at least 4 members (excludes halogenated alkanes) is 17. The maximum absolute atomic E-state index is 12.5. The van der Waals surface area contributed by atoms with Crippen LogP contribution >= 0.6 is 7.82 Å². The summed E-state index contributed by atoms with van der Waals surface area (Å²) in [5.74, 6) is -0.338. The molecule has 324 valence electrons. The summed E-state index contributed by atoms with van der Waals surface area (Å²) in [5, 5.41) is 0. The van der Waals surface area contributed by atoms with Crippen molar-refractivity contribution in [3.05, 3.63) is 72.9 Å². The third kappa shape index (κ3) is 43.1. The van der Waals surface area contributed by atoms with E-state index in [1.807, 2.05) is 0 Å². The number of carbonyl (C=O) groups is 1. The van der Waals surface area contributed by atoms with E-state index < -0.39 is 13.9 Å². The molecule has 56 heavy (non-hydrogen) atoms. The van der Waals surface area contributed by atoms with Crippen LogP contribution in [0.15, 0.2) is 72.9 Å². The van der Waals surface area contributed by atoms with E-state index in [0.29, 0.717) is 13.0 Å². The van der Waals surface area contributed by atoms with Crippen molar-refractivity contribution >= 4 is 13.8 Å². The van der Waals surface area contributed by atoms with Crippen molar-refractivity contribution in [2.45, 2.75) is 187 Å². The molecule has 2 unspecified atom stereocenters. The first-order valence-electron chi connectivity index (χ1n) is 22.4. The molecule has 2 atom stereocenters. The molecule has 8 nitrogen and oxygen atoms in total. The summed E-state index contributed by atoms with van der Waals surface area (Å²) in [5.41, 5.74) is 5.36. The fraction of sp³-hybridized carbons (Fsp3) is 0.723. The molecule has 0 aromatic heterocycles. The Kier molecular flexibility index (Phi) is 42.4. The summed E-state index contributed by atoms with van der Waals surface area (Å²) in [6.45, 7) is 4.76. The minimum absolute atomic E-state index is 0.0960. The van der Waals surface area contributed by atoms with Crippen molar-refractivity contribution in [3.8, 4) is 0 Å². The molecule has 0 aromatic carbocycles. The molecule has 0 rings (SSSR count). The highest BCUT2D eigenvalue weighted by atomic mass is 31.2. The fourth-order valence-electron chi connectivity index (χ4n) is 5.88. The number of nitrogens with two attached hydrogens (primary N) is 1. The van der Waals surface area contributed by atoms with Gasteiger partial charge < -0.3 is 20.1 Å². The zero-order valence-electron chi connectivity index (χ0n) is 35.8. The molecular weight excluding hydrogens is 721 g/mol. The van der Waals surface area contributed by atoms with E-state index in [9.17, 15) is 14.3 Å². The van der Waals surface area contributed by atoms with Crippen LogP contribution in [0, 0.1) is 0 Å². The van der Waals surface area contributed by atoms with Gasteiger partial charge >= 0.3 is 13.8 Å². The van der Waals surface area contributed by atoms with Gasteiger partial charge in [0.05, 0.1) is 19.8 Å². The Bertz CT molecular complexity index is 1080. The second-order valence-corrected chi connectivity index (χ2v) is 16.0. The number of rotatable bonds is 42. The molecule has 0 radical (unpaired) electrons. The van der Waals surface area contributed by atoms with Crippen LogP contribution in [0.3, 0.4) is 0 Å². The minimum Gasteiger partial charge on any atom is -0.457 e. The summed E-state index contributed by atoms with van der Waals surface area (Å²) in [6, 6.07) is 0. The van der Waals surface area contributed by atoms with Gasteiger partial charge in [-0.2, -0.15) is 0 Å². The van der Waals surface area contributed by atoms with E-state index in [-0.39, 0.29) is 32.3 Å². The Hall–Kier alpha value is -2.06. The van der Waals surface area contributed by atoms with Crippen LogP contribution < -0.4 is 5.73 Å². The zero-order valence-corrected chi connectivity index (χ0v) is 36.7. The number of hydrogen-bond donors (Lipinski definition) is 2. The first kappa shape index (κ1) is 53.9. The van der Waals surface area contributed by atoms with Crippen molar-refractivity contribution in [3.63, 3.8) is 0 Å². The molecule has 0 aromatic rings. The quantitative estimate of drug-likeness (QED) is 0.0271. The molecule has 0 saturated carbocycles. The molecule has 0 saturated heterocycles. The normalized spacial score (nSPS) is 14.1.